The second-order valence-corrected chi connectivity index (χ2v) is 7.81. The van der Waals surface area contributed by atoms with Crippen molar-refractivity contribution in [1.29, 1.82) is 0 Å². The lowest BCUT2D eigenvalue weighted by Gasteiger charge is -2.14. The van der Waals surface area contributed by atoms with Gasteiger partial charge in [0.1, 0.15) is 0 Å². The Kier molecular flexibility index (Phi) is 5.81. The zero-order valence-electron chi connectivity index (χ0n) is 15.5. The van der Waals surface area contributed by atoms with E-state index in [4.69, 9.17) is 9.88 Å². The van der Waals surface area contributed by atoms with E-state index in [2.05, 4.69) is 5.32 Å². The van der Waals surface area contributed by atoms with Crippen LogP contribution in [0.3, 0.4) is 0 Å². The van der Waals surface area contributed by atoms with Gasteiger partial charge in [0.05, 0.1) is 10.5 Å². The normalized spacial score (nSPS) is 12.2. The maximum atomic E-state index is 12.3. The molecule has 2 aromatic carbocycles. The standard InChI is InChI=1S/C20H19N3O5S/c1-14(19(24)22-16-5-4-6-18(13-16)29(21,26)27)28-20(25)15-7-9-17(10-8-15)23-11-2-3-12-23/h2-14H,1H3,(H,22,24)(H2,21,26,27). The summed E-state index contributed by atoms with van der Waals surface area (Å²) in [6.07, 6.45) is 2.67. The van der Waals surface area contributed by atoms with Crippen LogP contribution in [0.2, 0.25) is 0 Å². The van der Waals surface area contributed by atoms with Gasteiger partial charge in [-0.05, 0) is 61.5 Å². The van der Waals surface area contributed by atoms with Crippen molar-refractivity contribution < 1.29 is 22.7 Å². The van der Waals surface area contributed by atoms with Gasteiger partial charge in [0.2, 0.25) is 10.0 Å². The zero-order valence-corrected chi connectivity index (χ0v) is 16.3. The van der Waals surface area contributed by atoms with Crippen molar-refractivity contribution in [2.45, 2.75) is 17.9 Å². The number of rotatable bonds is 6. The van der Waals surface area contributed by atoms with Gasteiger partial charge in [-0.15, -0.1) is 0 Å². The molecule has 3 N–H and O–H groups in total. The Labute approximate surface area is 168 Å². The number of benzene rings is 2. The second-order valence-electron chi connectivity index (χ2n) is 6.25. The fraction of sp³-hybridized carbons (Fsp3) is 0.100. The molecule has 1 amide bonds. The van der Waals surface area contributed by atoms with Crippen LogP contribution in [0.5, 0.6) is 0 Å². The molecule has 8 nitrogen and oxygen atoms in total. The van der Waals surface area contributed by atoms with Crippen LogP contribution in [0.1, 0.15) is 17.3 Å². The average molecular weight is 413 g/mol. The Bertz CT molecular complexity index is 1120. The maximum Gasteiger partial charge on any atom is 0.338 e. The van der Waals surface area contributed by atoms with Crippen molar-refractivity contribution in [1.82, 2.24) is 4.57 Å². The molecule has 0 aliphatic rings. The minimum absolute atomic E-state index is 0.136. The third kappa shape index (κ3) is 5.09. The van der Waals surface area contributed by atoms with Crippen molar-refractivity contribution in [2.75, 3.05) is 5.32 Å². The highest BCUT2D eigenvalue weighted by Gasteiger charge is 2.19. The Morgan fingerprint density at radius 2 is 1.69 bits per heavy atom. The Morgan fingerprint density at radius 1 is 1.03 bits per heavy atom. The molecule has 1 heterocycles. The third-order valence-electron chi connectivity index (χ3n) is 4.09. The molecule has 0 fully saturated rings. The molecule has 9 heteroatoms. The van der Waals surface area contributed by atoms with Gasteiger partial charge < -0.3 is 14.6 Å². The lowest BCUT2D eigenvalue weighted by Crippen LogP contribution is -2.30. The summed E-state index contributed by atoms with van der Waals surface area (Å²) in [5, 5.41) is 7.58. The number of carbonyl (C=O) groups excluding carboxylic acids is 2. The monoisotopic (exact) mass is 413 g/mol. The van der Waals surface area contributed by atoms with Gasteiger partial charge in [0, 0.05) is 23.8 Å². The number of amides is 1. The van der Waals surface area contributed by atoms with Crippen LogP contribution < -0.4 is 10.5 Å². The minimum atomic E-state index is -3.89. The fourth-order valence-corrected chi connectivity index (χ4v) is 3.11. The number of primary sulfonamides is 1. The SMILES string of the molecule is CC(OC(=O)c1ccc(-n2cccc2)cc1)C(=O)Nc1cccc(S(N)(=O)=O)c1. The summed E-state index contributed by atoms with van der Waals surface area (Å²) in [6.45, 7) is 1.42. The van der Waals surface area contributed by atoms with Crippen molar-refractivity contribution in [3.8, 4) is 5.69 Å². The molecule has 0 bridgehead atoms. The van der Waals surface area contributed by atoms with Gasteiger partial charge in [-0.1, -0.05) is 6.07 Å². The molecule has 1 aromatic heterocycles. The molecule has 0 radical (unpaired) electrons. The summed E-state index contributed by atoms with van der Waals surface area (Å²) in [5.41, 5.74) is 1.41. The number of ether oxygens (including phenoxy) is 1. The summed E-state index contributed by atoms with van der Waals surface area (Å²) < 4.78 is 29.9. The van der Waals surface area contributed by atoms with Crippen LogP contribution >= 0.6 is 0 Å². The molecular weight excluding hydrogens is 394 g/mol. The predicted octanol–water partition coefficient (Wildman–Crippen LogP) is 2.31. The molecule has 1 unspecified atom stereocenters. The quantitative estimate of drug-likeness (QED) is 0.601. The van der Waals surface area contributed by atoms with Crippen molar-refractivity contribution in [3.63, 3.8) is 0 Å². The molecule has 0 aliphatic heterocycles. The lowest BCUT2D eigenvalue weighted by atomic mass is 10.2. The van der Waals surface area contributed by atoms with Crippen LogP contribution in [0.15, 0.2) is 78.0 Å². The van der Waals surface area contributed by atoms with Crippen LogP contribution in [-0.4, -0.2) is 31.0 Å². The third-order valence-corrected chi connectivity index (χ3v) is 5.00. The zero-order chi connectivity index (χ0) is 21.0. The van der Waals surface area contributed by atoms with E-state index in [-0.39, 0.29) is 10.6 Å². The summed E-state index contributed by atoms with van der Waals surface area (Å²) in [5.74, 6) is -1.25. The van der Waals surface area contributed by atoms with Crippen molar-refractivity contribution in [2.24, 2.45) is 5.14 Å². The van der Waals surface area contributed by atoms with Crippen molar-refractivity contribution in [3.05, 3.63) is 78.6 Å². The van der Waals surface area contributed by atoms with Gasteiger partial charge in [0.25, 0.3) is 5.91 Å². The predicted molar refractivity (Wildman–Crippen MR) is 107 cm³/mol. The van der Waals surface area contributed by atoms with Crippen LogP contribution in [0.4, 0.5) is 5.69 Å². The topological polar surface area (TPSA) is 120 Å². The summed E-state index contributed by atoms with van der Waals surface area (Å²) in [4.78, 5) is 24.4. The van der Waals surface area contributed by atoms with Crippen LogP contribution in [0.25, 0.3) is 5.69 Å². The molecule has 0 saturated heterocycles. The number of sulfonamides is 1. The Morgan fingerprint density at radius 3 is 2.31 bits per heavy atom. The van der Waals surface area contributed by atoms with E-state index in [1.165, 1.54) is 31.2 Å². The van der Waals surface area contributed by atoms with E-state index >= 15 is 0 Å². The highest BCUT2D eigenvalue weighted by atomic mass is 32.2. The number of nitrogens with zero attached hydrogens (tertiary/aromatic N) is 1. The Balaban J connectivity index is 1.63. The molecule has 3 rings (SSSR count). The van der Waals surface area contributed by atoms with E-state index < -0.39 is 28.0 Å². The van der Waals surface area contributed by atoms with E-state index in [0.29, 0.717) is 5.56 Å². The van der Waals surface area contributed by atoms with Crippen LogP contribution in [0, 0.1) is 0 Å². The van der Waals surface area contributed by atoms with E-state index in [1.54, 1.807) is 24.3 Å². The number of anilines is 1. The maximum absolute atomic E-state index is 12.3. The number of aromatic nitrogens is 1. The highest BCUT2D eigenvalue weighted by Crippen LogP contribution is 2.15. The number of nitrogens with two attached hydrogens (primary N) is 1. The number of hydrogen-bond acceptors (Lipinski definition) is 5. The number of nitrogens with one attached hydrogen (secondary N) is 1. The summed E-state index contributed by atoms with van der Waals surface area (Å²) in [7, 11) is -3.89. The van der Waals surface area contributed by atoms with E-state index in [0.717, 1.165) is 5.69 Å². The van der Waals surface area contributed by atoms with Gasteiger partial charge in [-0.2, -0.15) is 0 Å². The molecule has 3 aromatic rings. The number of carbonyl (C=O) groups is 2. The molecule has 29 heavy (non-hydrogen) atoms. The molecule has 0 spiro atoms. The van der Waals surface area contributed by atoms with Crippen molar-refractivity contribution >= 4 is 27.6 Å². The number of esters is 1. The first-order valence-electron chi connectivity index (χ1n) is 8.62. The second kappa shape index (κ2) is 8.29. The first-order chi connectivity index (χ1) is 13.7. The van der Waals surface area contributed by atoms with Gasteiger partial charge in [-0.25, -0.2) is 18.4 Å². The molecule has 0 aliphatic carbocycles. The average Bonchev–Trinajstić information content (AvgIpc) is 3.22. The van der Waals surface area contributed by atoms with E-state index in [1.807, 2.05) is 29.1 Å². The Hall–Kier alpha value is -3.43. The largest absolute Gasteiger partial charge is 0.449 e. The van der Waals surface area contributed by atoms with Gasteiger partial charge in [0.15, 0.2) is 6.10 Å². The molecule has 150 valence electrons. The van der Waals surface area contributed by atoms with Crippen LogP contribution in [-0.2, 0) is 19.6 Å². The fourth-order valence-electron chi connectivity index (χ4n) is 2.55. The molecule has 1 atom stereocenters. The number of hydrogen-bond donors (Lipinski definition) is 2. The highest BCUT2D eigenvalue weighted by molar-refractivity contribution is 7.89. The first-order valence-corrected chi connectivity index (χ1v) is 10.2. The molecular formula is C20H19N3O5S. The minimum Gasteiger partial charge on any atom is -0.449 e. The van der Waals surface area contributed by atoms with Gasteiger partial charge in [-0.3, -0.25) is 4.79 Å². The molecule has 0 saturated carbocycles. The summed E-state index contributed by atoms with van der Waals surface area (Å²) >= 11 is 0. The van der Waals surface area contributed by atoms with E-state index in [9.17, 15) is 18.0 Å². The smallest absolute Gasteiger partial charge is 0.338 e. The summed E-state index contributed by atoms with van der Waals surface area (Å²) in [6, 6.07) is 16.0. The lowest BCUT2D eigenvalue weighted by molar-refractivity contribution is -0.123. The van der Waals surface area contributed by atoms with Gasteiger partial charge >= 0.3 is 5.97 Å². The first kappa shape index (κ1) is 20.3.